The Labute approximate surface area is 113 Å². The first-order valence-corrected chi connectivity index (χ1v) is 6.59. The molecular weight excluding hydrogens is 244 g/mol. The monoisotopic (exact) mass is 266 g/mol. The normalized spacial score (nSPS) is 23.7. The first-order chi connectivity index (χ1) is 8.79. The topological polar surface area (TPSA) is 68.7 Å². The molecule has 1 amide bonds. The molecule has 1 aromatic heterocycles. The van der Waals surface area contributed by atoms with Crippen LogP contribution in [-0.4, -0.2) is 29.2 Å². The van der Waals surface area contributed by atoms with Gasteiger partial charge in [0.1, 0.15) is 11.4 Å². The number of carbonyl (C=O) groups excluding carboxylic acids is 1. The van der Waals surface area contributed by atoms with E-state index in [9.17, 15) is 4.79 Å². The van der Waals surface area contributed by atoms with Crippen molar-refractivity contribution in [3.63, 3.8) is 0 Å². The molecule has 5 nitrogen and oxygen atoms in total. The van der Waals surface area contributed by atoms with Crippen molar-refractivity contribution in [1.82, 2.24) is 4.90 Å². The van der Waals surface area contributed by atoms with Crippen molar-refractivity contribution in [3.05, 3.63) is 23.7 Å². The largest absolute Gasteiger partial charge is 0.469 e. The number of hydrogen-bond donors (Lipinski definition) is 1. The lowest BCUT2D eigenvalue weighted by molar-refractivity contribution is 0.0217. The van der Waals surface area contributed by atoms with Crippen LogP contribution in [0.5, 0.6) is 0 Å². The van der Waals surface area contributed by atoms with Gasteiger partial charge in [0.2, 0.25) is 0 Å². The number of likely N-dealkylation sites (tertiary alicyclic amines) is 1. The number of hydrogen-bond acceptors (Lipinski definition) is 4. The van der Waals surface area contributed by atoms with E-state index in [0.717, 1.165) is 17.7 Å². The molecule has 1 aromatic rings. The van der Waals surface area contributed by atoms with Gasteiger partial charge in [-0.25, -0.2) is 4.79 Å². The molecule has 2 rings (SSSR count). The Balaban J connectivity index is 2.21. The predicted octanol–water partition coefficient (Wildman–Crippen LogP) is 2.60. The maximum absolute atomic E-state index is 12.2. The van der Waals surface area contributed by atoms with E-state index in [2.05, 4.69) is 0 Å². The fraction of sp³-hybridized carbons (Fsp3) is 0.643. The Kier molecular flexibility index (Phi) is 3.58. The van der Waals surface area contributed by atoms with Gasteiger partial charge in [0.05, 0.1) is 12.3 Å². The second kappa shape index (κ2) is 4.89. The zero-order valence-electron chi connectivity index (χ0n) is 12.0. The van der Waals surface area contributed by atoms with Crippen molar-refractivity contribution in [2.45, 2.75) is 51.8 Å². The molecule has 0 spiro atoms. The van der Waals surface area contributed by atoms with Crippen molar-refractivity contribution >= 4 is 6.09 Å². The third kappa shape index (κ3) is 2.92. The first-order valence-electron chi connectivity index (χ1n) is 6.59. The minimum Gasteiger partial charge on any atom is -0.469 e. The Bertz CT molecular complexity index is 462. The maximum atomic E-state index is 12.2. The Hall–Kier alpha value is -1.49. The Morgan fingerprint density at radius 2 is 2.21 bits per heavy atom. The molecule has 1 fully saturated rings. The van der Waals surface area contributed by atoms with Gasteiger partial charge in [0, 0.05) is 18.2 Å². The summed E-state index contributed by atoms with van der Waals surface area (Å²) in [5.74, 6) is 0.802. The Morgan fingerprint density at radius 3 is 2.74 bits per heavy atom. The van der Waals surface area contributed by atoms with Gasteiger partial charge >= 0.3 is 6.09 Å². The average molecular weight is 266 g/mol. The number of aryl methyl sites for hydroxylation is 1. The molecule has 1 aliphatic rings. The smallest absolute Gasteiger partial charge is 0.410 e. The molecule has 1 aliphatic heterocycles. The van der Waals surface area contributed by atoms with E-state index in [4.69, 9.17) is 14.9 Å². The van der Waals surface area contributed by atoms with Gasteiger partial charge in [-0.2, -0.15) is 0 Å². The van der Waals surface area contributed by atoms with E-state index >= 15 is 0 Å². The SMILES string of the molecule is Cc1occc1[C@@H]1[C@@H](N)CCN1C(=O)OC(C)(C)C. The molecule has 19 heavy (non-hydrogen) atoms. The van der Waals surface area contributed by atoms with Crippen molar-refractivity contribution < 1.29 is 13.9 Å². The second-order valence-corrected chi connectivity index (χ2v) is 6.00. The van der Waals surface area contributed by atoms with E-state index in [-0.39, 0.29) is 18.2 Å². The van der Waals surface area contributed by atoms with Gasteiger partial charge < -0.3 is 14.9 Å². The zero-order chi connectivity index (χ0) is 14.2. The van der Waals surface area contributed by atoms with E-state index in [0.29, 0.717) is 6.54 Å². The van der Waals surface area contributed by atoms with Crippen molar-refractivity contribution in [3.8, 4) is 0 Å². The average Bonchev–Trinajstić information content (AvgIpc) is 2.82. The number of nitrogens with two attached hydrogens (primary N) is 1. The summed E-state index contributed by atoms with van der Waals surface area (Å²) >= 11 is 0. The van der Waals surface area contributed by atoms with Gasteiger partial charge in [0.15, 0.2) is 0 Å². The van der Waals surface area contributed by atoms with E-state index in [1.807, 2.05) is 33.8 Å². The molecule has 2 atom stereocenters. The highest BCUT2D eigenvalue weighted by Crippen LogP contribution is 2.34. The highest BCUT2D eigenvalue weighted by Gasteiger charge is 2.39. The second-order valence-electron chi connectivity index (χ2n) is 6.00. The van der Waals surface area contributed by atoms with Crippen LogP contribution in [0.3, 0.4) is 0 Å². The molecule has 0 bridgehead atoms. The summed E-state index contributed by atoms with van der Waals surface area (Å²) in [6.45, 7) is 8.08. The fourth-order valence-corrected chi connectivity index (χ4v) is 2.44. The molecule has 1 saturated heterocycles. The van der Waals surface area contributed by atoms with Crippen LogP contribution in [0.15, 0.2) is 16.7 Å². The third-order valence-corrected chi connectivity index (χ3v) is 3.29. The summed E-state index contributed by atoms with van der Waals surface area (Å²) in [7, 11) is 0. The lowest BCUT2D eigenvalue weighted by atomic mass is 10.0. The van der Waals surface area contributed by atoms with Gasteiger partial charge in [0.25, 0.3) is 0 Å². The van der Waals surface area contributed by atoms with Gasteiger partial charge in [-0.1, -0.05) is 0 Å². The number of furan rings is 1. The van der Waals surface area contributed by atoms with E-state index in [1.54, 1.807) is 11.2 Å². The quantitative estimate of drug-likeness (QED) is 0.848. The highest BCUT2D eigenvalue weighted by atomic mass is 16.6. The number of rotatable bonds is 1. The lowest BCUT2D eigenvalue weighted by Gasteiger charge is -2.29. The zero-order valence-corrected chi connectivity index (χ0v) is 12.0. The van der Waals surface area contributed by atoms with Crippen LogP contribution in [0.2, 0.25) is 0 Å². The van der Waals surface area contributed by atoms with Gasteiger partial charge in [-0.3, -0.25) is 4.90 Å². The van der Waals surface area contributed by atoms with Gasteiger partial charge in [-0.05, 0) is 40.2 Å². The molecule has 0 aromatic carbocycles. The molecular formula is C14H22N2O3. The Morgan fingerprint density at radius 1 is 1.53 bits per heavy atom. The van der Waals surface area contributed by atoms with Crippen LogP contribution in [0.25, 0.3) is 0 Å². The minimum atomic E-state index is -0.500. The van der Waals surface area contributed by atoms with Crippen LogP contribution in [0, 0.1) is 6.92 Å². The molecule has 0 unspecified atom stereocenters. The summed E-state index contributed by atoms with van der Waals surface area (Å²) < 4.78 is 10.8. The van der Waals surface area contributed by atoms with Crippen molar-refractivity contribution in [2.75, 3.05) is 6.54 Å². The summed E-state index contributed by atoms with van der Waals surface area (Å²) in [6, 6.07) is 1.64. The van der Waals surface area contributed by atoms with Gasteiger partial charge in [-0.15, -0.1) is 0 Å². The molecule has 106 valence electrons. The number of amides is 1. The van der Waals surface area contributed by atoms with Crippen LogP contribution in [0.4, 0.5) is 4.79 Å². The highest BCUT2D eigenvalue weighted by molar-refractivity contribution is 5.69. The predicted molar refractivity (Wildman–Crippen MR) is 71.7 cm³/mol. The lowest BCUT2D eigenvalue weighted by Crippen LogP contribution is -2.39. The molecule has 2 N–H and O–H groups in total. The molecule has 0 aliphatic carbocycles. The maximum Gasteiger partial charge on any atom is 0.410 e. The summed E-state index contributed by atoms with van der Waals surface area (Å²) in [5, 5.41) is 0. The standard InChI is InChI=1S/C14H22N2O3/c1-9-10(6-8-18-9)12-11(15)5-7-16(12)13(17)19-14(2,3)4/h6,8,11-12H,5,7,15H2,1-4H3/t11-,12+/m0/s1. The molecule has 0 radical (unpaired) electrons. The van der Waals surface area contributed by atoms with Crippen LogP contribution in [-0.2, 0) is 4.74 Å². The van der Waals surface area contributed by atoms with Crippen LogP contribution < -0.4 is 5.73 Å². The summed E-state index contributed by atoms with van der Waals surface area (Å²) in [6.07, 6.45) is 2.09. The number of ether oxygens (including phenoxy) is 1. The van der Waals surface area contributed by atoms with Crippen LogP contribution in [0.1, 0.15) is 44.6 Å². The fourth-order valence-electron chi connectivity index (χ4n) is 2.44. The van der Waals surface area contributed by atoms with E-state index < -0.39 is 5.60 Å². The molecule has 5 heteroatoms. The van der Waals surface area contributed by atoms with Crippen LogP contribution >= 0.6 is 0 Å². The summed E-state index contributed by atoms with van der Waals surface area (Å²) in [4.78, 5) is 13.9. The third-order valence-electron chi connectivity index (χ3n) is 3.29. The first kappa shape index (κ1) is 13.9. The number of nitrogens with zero attached hydrogens (tertiary/aromatic N) is 1. The van der Waals surface area contributed by atoms with Crippen molar-refractivity contribution in [2.24, 2.45) is 5.73 Å². The molecule has 0 saturated carbocycles. The van der Waals surface area contributed by atoms with E-state index in [1.165, 1.54) is 0 Å². The number of carbonyl (C=O) groups is 1. The van der Waals surface area contributed by atoms with Crippen molar-refractivity contribution in [1.29, 1.82) is 0 Å². The summed E-state index contributed by atoms with van der Waals surface area (Å²) in [5.41, 5.74) is 6.61. The minimum absolute atomic E-state index is 0.0798. The molecule has 2 heterocycles.